The van der Waals surface area contributed by atoms with Crippen LogP contribution in [0.1, 0.15) is 19.3 Å². The summed E-state index contributed by atoms with van der Waals surface area (Å²) in [5, 5.41) is 1.11. The van der Waals surface area contributed by atoms with Crippen LogP contribution in [0.25, 0.3) is 0 Å². The van der Waals surface area contributed by atoms with Gasteiger partial charge in [-0.05, 0) is 25.2 Å². The lowest BCUT2D eigenvalue weighted by atomic mass is 10.1. The number of allylic oxidation sites excluding steroid dienone is 2. The Morgan fingerprint density at radius 3 is 2.56 bits per heavy atom. The van der Waals surface area contributed by atoms with Crippen LogP contribution in [0.3, 0.4) is 0 Å². The van der Waals surface area contributed by atoms with Gasteiger partial charge in [0.15, 0.2) is 0 Å². The monoisotopic (exact) mass is 162 g/mol. The quantitative estimate of drug-likeness (QED) is 0.481. The first-order valence-electron chi connectivity index (χ1n) is 3.30. The number of rotatable bonds is 0. The van der Waals surface area contributed by atoms with Crippen LogP contribution < -0.4 is 0 Å². The van der Waals surface area contributed by atoms with Crippen LogP contribution in [0.2, 0.25) is 0 Å². The van der Waals surface area contributed by atoms with Crippen LogP contribution in [-0.4, -0.2) is 5.38 Å². The fraction of sp³-hybridized carbons (Fsp3) is 0.714. The zero-order valence-corrected chi connectivity index (χ0v) is 6.54. The van der Waals surface area contributed by atoms with Crippen molar-refractivity contribution in [2.24, 2.45) is 5.92 Å². The molecule has 9 heavy (non-hydrogen) atoms. The van der Waals surface area contributed by atoms with E-state index >= 15 is 0 Å². The van der Waals surface area contributed by atoms with Gasteiger partial charge in [-0.25, -0.2) is 0 Å². The van der Waals surface area contributed by atoms with Gasteiger partial charge in [-0.1, -0.05) is 17.2 Å². The molecule has 0 N–H and O–H groups in total. The Kier molecular flexibility index (Phi) is 1.28. The molecule has 0 aliphatic heterocycles. The molecule has 0 aromatic carbocycles. The minimum Gasteiger partial charge on any atom is -0.117 e. The molecule has 0 aromatic rings. The van der Waals surface area contributed by atoms with Gasteiger partial charge in [-0.2, -0.15) is 0 Å². The van der Waals surface area contributed by atoms with Crippen molar-refractivity contribution in [3.05, 3.63) is 10.6 Å². The molecule has 2 unspecified atom stereocenters. The molecule has 0 saturated heterocycles. The van der Waals surface area contributed by atoms with Gasteiger partial charge in [0.25, 0.3) is 0 Å². The minimum atomic E-state index is 0.162. The van der Waals surface area contributed by atoms with Crippen molar-refractivity contribution in [3.8, 4) is 0 Å². The van der Waals surface area contributed by atoms with E-state index in [4.69, 9.17) is 23.2 Å². The molecule has 2 rings (SSSR count). The molecule has 2 bridgehead atoms. The molecular weight excluding hydrogens is 155 g/mol. The minimum absolute atomic E-state index is 0.162. The maximum atomic E-state index is 5.97. The molecule has 0 amide bonds. The number of hydrogen-bond donors (Lipinski definition) is 0. The van der Waals surface area contributed by atoms with Gasteiger partial charge in [-0.3, -0.25) is 0 Å². The van der Waals surface area contributed by atoms with E-state index in [1.807, 2.05) is 0 Å². The third-order valence-corrected chi connectivity index (χ3v) is 3.51. The fourth-order valence-electron chi connectivity index (χ4n) is 1.75. The van der Waals surface area contributed by atoms with Gasteiger partial charge in [0, 0.05) is 5.03 Å². The Balaban J connectivity index is 2.36. The number of alkyl halides is 1. The SMILES string of the molecule is ClC1=C2CCC(C2)C1Cl. The molecular formula is C7H8Cl2. The highest BCUT2D eigenvalue weighted by atomic mass is 35.5. The summed E-state index contributed by atoms with van der Waals surface area (Å²) < 4.78 is 0. The molecule has 0 nitrogen and oxygen atoms in total. The third-order valence-electron chi connectivity index (χ3n) is 2.32. The lowest BCUT2D eigenvalue weighted by molar-refractivity contribution is 0.578. The predicted octanol–water partition coefficient (Wildman–Crippen LogP) is 2.90. The molecule has 1 fully saturated rings. The van der Waals surface area contributed by atoms with Gasteiger partial charge in [0.1, 0.15) is 0 Å². The molecule has 0 aromatic heterocycles. The molecule has 2 aliphatic carbocycles. The Hall–Kier alpha value is 0.320. The molecule has 0 heterocycles. The van der Waals surface area contributed by atoms with Crippen LogP contribution in [0.4, 0.5) is 0 Å². The first kappa shape index (κ1) is 6.06. The fourth-order valence-corrected chi connectivity index (χ4v) is 2.47. The smallest absolute Gasteiger partial charge is 0.0723 e. The van der Waals surface area contributed by atoms with Gasteiger partial charge in [0.05, 0.1) is 5.38 Å². The Bertz CT molecular complexity index is 172. The summed E-state index contributed by atoms with van der Waals surface area (Å²) in [7, 11) is 0. The van der Waals surface area contributed by atoms with Crippen LogP contribution in [0, 0.1) is 5.92 Å². The van der Waals surface area contributed by atoms with Crippen LogP contribution >= 0.6 is 23.2 Å². The highest BCUT2D eigenvalue weighted by molar-refractivity contribution is 6.38. The Morgan fingerprint density at radius 1 is 1.44 bits per heavy atom. The van der Waals surface area contributed by atoms with Gasteiger partial charge < -0.3 is 0 Å². The summed E-state index contributed by atoms with van der Waals surface area (Å²) in [4.78, 5) is 0. The van der Waals surface area contributed by atoms with Gasteiger partial charge >= 0.3 is 0 Å². The lowest BCUT2D eigenvalue weighted by Crippen LogP contribution is -2.08. The summed E-state index contributed by atoms with van der Waals surface area (Å²) in [6.45, 7) is 0. The van der Waals surface area contributed by atoms with Crippen molar-refractivity contribution in [2.75, 3.05) is 0 Å². The maximum Gasteiger partial charge on any atom is 0.0723 e. The van der Waals surface area contributed by atoms with Crippen molar-refractivity contribution >= 4 is 23.2 Å². The van der Waals surface area contributed by atoms with E-state index < -0.39 is 0 Å². The first-order chi connectivity index (χ1) is 4.29. The summed E-state index contributed by atoms with van der Waals surface area (Å²) in [5.41, 5.74) is 1.42. The topological polar surface area (TPSA) is 0 Å². The molecule has 0 radical (unpaired) electrons. The van der Waals surface area contributed by atoms with Gasteiger partial charge in [0.2, 0.25) is 0 Å². The highest BCUT2D eigenvalue weighted by Crippen LogP contribution is 2.48. The molecule has 1 saturated carbocycles. The second-order valence-electron chi connectivity index (χ2n) is 2.86. The van der Waals surface area contributed by atoms with E-state index in [1.165, 1.54) is 24.8 Å². The average Bonchev–Trinajstić information content (AvgIpc) is 2.37. The average molecular weight is 163 g/mol. The van der Waals surface area contributed by atoms with Crippen LogP contribution in [0.5, 0.6) is 0 Å². The van der Waals surface area contributed by atoms with Crippen molar-refractivity contribution in [3.63, 3.8) is 0 Å². The number of hydrogen-bond acceptors (Lipinski definition) is 0. The number of halogens is 2. The zero-order chi connectivity index (χ0) is 6.43. The normalized spacial score (nSPS) is 40.7. The highest BCUT2D eigenvalue weighted by Gasteiger charge is 2.36. The van der Waals surface area contributed by atoms with Crippen molar-refractivity contribution in [1.82, 2.24) is 0 Å². The maximum absolute atomic E-state index is 5.97. The molecule has 2 heteroatoms. The Labute approximate surface area is 64.8 Å². The van der Waals surface area contributed by atoms with E-state index in [9.17, 15) is 0 Å². The Morgan fingerprint density at radius 2 is 2.22 bits per heavy atom. The number of fused-ring (bicyclic) bond motifs is 2. The first-order valence-corrected chi connectivity index (χ1v) is 4.12. The summed E-state index contributed by atoms with van der Waals surface area (Å²) in [5.74, 6) is 0.675. The van der Waals surface area contributed by atoms with E-state index in [0.717, 1.165) is 5.03 Å². The second-order valence-corrected chi connectivity index (χ2v) is 3.73. The van der Waals surface area contributed by atoms with Crippen molar-refractivity contribution < 1.29 is 0 Å². The van der Waals surface area contributed by atoms with E-state index in [0.29, 0.717) is 5.92 Å². The standard InChI is InChI=1S/C7H8Cl2/c8-6-4-1-2-5(3-4)7(6)9/h4,6H,1-3H2. The lowest BCUT2D eigenvalue weighted by Gasteiger charge is -2.12. The molecule has 2 atom stereocenters. The predicted molar refractivity (Wildman–Crippen MR) is 39.9 cm³/mol. The zero-order valence-electron chi connectivity index (χ0n) is 5.03. The van der Waals surface area contributed by atoms with Crippen molar-refractivity contribution in [2.45, 2.75) is 24.6 Å². The van der Waals surface area contributed by atoms with E-state index in [2.05, 4.69) is 0 Å². The van der Waals surface area contributed by atoms with E-state index in [-0.39, 0.29) is 5.38 Å². The van der Waals surface area contributed by atoms with Gasteiger partial charge in [-0.15, -0.1) is 11.6 Å². The molecule has 50 valence electrons. The van der Waals surface area contributed by atoms with Crippen LogP contribution in [0.15, 0.2) is 10.6 Å². The third kappa shape index (κ3) is 0.731. The summed E-state index contributed by atoms with van der Waals surface area (Å²) in [6, 6.07) is 0. The molecule has 0 spiro atoms. The summed E-state index contributed by atoms with van der Waals surface area (Å²) >= 11 is 11.9. The second kappa shape index (κ2) is 1.90. The largest absolute Gasteiger partial charge is 0.117 e. The summed E-state index contributed by atoms with van der Waals surface area (Å²) in [6.07, 6.45) is 3.64. The van der Waals surface area contributed by atoms with Crippen molar-refractivity contribution in [1.29, 1.82) is 0 Å². The van der Waals surface area contributed by atoms with Crippen LogP contribution in [-0.2, 0) is 0 Å². The molecule has 2 aliphatic rings. The van der Waals surface area contributed by atoms with E-state index in [1.54, 1.807) is 0 Å².